The molecule has 0 heterocycles. The molecule has 0 aliphatic rings. The van der Waals surface area contributed by atoms with E-state index in [2.05, 4.69) is 0 Å². The molecule has 0 amide bonds. The Bertz CT molecular complexity index is 734. The summed E-state index contributed by atoms with van der Waals surface area (Å²) in [5.74, 6) is -0.643. The fraction of sp³-hybridized carbons (Fsp3) is 0.316. The molecule has 6 heteroatoms. The zero-order valence-electron chi connectivity index (χ0n) is 14.7. The number of esters is 1. The molecule has 1 atom stereocenters. The third kappa shape index (κ3) is 4.57. The van der Waals surface area contributed by atoms with Gasteiger partial charge in [-0.25, -0.2) is 0 Å². The third-order valence-corrected chi connectivity index (χ3v) is 6.05. The van der Waals surface area contributed by atoms with Gasteiger partial charge in [-0.1, -0.05) is 48.5 Å². The first-order valence-corrected chi connectivity index (χ1v) is 9.79. The van der Waals surface area contributed by atoms with E-state index in [-0.39, 0.29) is 13.2 Å². The summed E-state index contributed by atoms with van der Waals surface area (Å²) < 4.78 is 28.9. The third-order valence-electron chi connectivity index (χ3n) is 3.67. The number of ether oxygens (including phenoxy) is 1. The summed E-state index contributed by atoms with van der Waals surface area (Å²) in [6.07, 6.45) is 0. The second kappa shape index (κ2) is 8.95. The van der Waals surface area contributed by atoms with Crippen molar-refractivity contribution in [3.05, 3.63) is 60.2 Å². The highest BCUT2D eigenvalue weighted by Crippen LogP contribution is 2.61. The maximum atomic E-state index is 13.2. The number of rotatable bonds is 8. The second-order valence-electron chi connectivity index (χ2n) is 5.29. The highest BCUT2D eigenvalue weighted by molar-refractivity contribution is 7.55. The van der Waals surface area contributed by atoms with Gasteiger partial charge in [0.1, 0.15) is 0 Å². The molecule has 0 saturated carbocycles. The number of hydrogen-bond donors (Lipinski definition) is 0. The van der Waals surface area contributed by atoms with Gasteiger partial charge in [0.2, 0.25) is 0 Å². The fourth-order valence-corrected chi connectivity index (χ4v) is 4.61. The van der Waals surface area contributed by atoms with Gasteiger partial charge in [-0.15, -0.1) is 0 Å². The molecule has 2 aromatic rings. The van der Waals surface area contributed by atoms with Crippen molar-refractivity contribution < 1.29 is 23.1 Å². The first kappa shape index (κ1) is 19.4. The summed E-state index contributed by atoms with van der Waals surface area (Å²) in [6.45, 7) is 3.76. The van der Waals surface area contributed by atoms with Crippen molar-refractivity contribution in [3.8, 4) is 11.1 Å². The predicted octanol–water partition coefficient (Wildman–Crippen LogP) is 4.83. The standard InChI is InChI=1S/C19H23O5P/c1-4-23-25(21,24-5-2)18(19(20)22-3)17-13-9-12-16(14-17)15-10-7-6-8-11-15/h6-14,18H,4-5H2,1-3H3/t18-/m0/s1. The summed E-state index contributed by atoms with van der Waals surface area (Å²) in [4.78, 5) is 12.4. The van der Waals surface area contributed by atoms with Crippen molar-refractivity contribution in [1.29, 1.82) is 0 Å². The second-order valence-corrected chi connectivity index (χ2v) is 7.41. The maximum Gasteiger partial charge on any atom is 0.349 e. The van der Waals surface area contributed by atoms with Crippen LogP contribution in [0.3, 0.4) is 0 Å². The number of benzene rings is 2. The van der Waals surface area contributed by atoms with Gasteiger partial charge in [-0.05, 0) is 36.6 Å². The van der Waals surface area contributed by atoms with Gasteiger partial charge in [0.15, 0.2) is 5.66 Å². The van der Waals surface area contributed by atoms with Crippen LogP contribution in [0.25, 0.3) is 11.1 Å². The first-order valence-electron chi connectivity index (χ1n) is 8.17. The Kier molecular flexibility index (Phi) is 6.94. The zero-order valence-corrected chi connectivity index (χ0v) is 15.6. The van der Waals surface area contributed by atoms with E-state index in [0.717, 1.165) is 11.1 Å². The topological polar surface area (TPSA) is 61.8 Å². The molecule has 134 valence electrons. The smallest absolute Gasteiger partial charge is 0.349 e. The average Bonchev–Trinajstić information content (AvgIpc) is 2.63. The lowest BCUT2D eigenvalue weighted by atomic mass is 10.0. The van der Waals surface area contributed by atoms with Crippen LogP contribution in [0.2, 0.25) is 0 Å². The molecular formula is C19H23O5P. The predicted molar refractivity (Wildman–Crippen MR) is 97.5 cm³/mol. The van der Waals surface area contributed by atoms with E-state index in [4.69, 9.17) is 13.8 Å². The van der Waals surface area contributed by atoms with Gasteiger partial charge in [0, 0.05) is 0 Å². The molecule has 0 aliphatic carbocycles. The molecule has 2 rings (SSSR count). The summed E-state index contributed by atoms with van der Waals surface area (Å²) in [6, 6.07) is 17.0. The van der Waals surface area contributed by atoms with E-state index < -0.39 is 19.2 Å². The molecule has 0 aromatic heterocycles. The van der Waals surface area contributed by atoms with Crippen LogP contribution in [-0.4, -0.2) is 26.3 Å². The minimum atomic E-state index is -3.71. The summed E-state index contributed by atoms with van der Waals surface area (Å²) in [7, 11) is -2.45. The molecule has 0 spiro atoms. The first-order chi connectivity index (χ1) is 12.1. The number of hydrogen-bond acceptors (Lipinski definition) is 5. The zero-order chi connectivity index (χ0) is 18.3. The quantitative estimate of drug-likeness (QED) is 0.497. The van der Waals surface area contributed by atoms with Crippen LogP contribution in [0.15, 0.2) is 54.6 Å². The molecule has 2 aromatic carbocycles. The van der Waals surface area contributed by atoms with E-state index in [1.54, 1.807) is 19.9 Å². The van der Waals surface area contributed by atoms with Gasteiger partial charge in [-0.3, -0.25) is 9.36 Å². The lowest BCUT2D eigenvalue weighted by molar-refractivity contribution is -0.140. The minimum absolute atomic E-state index is 0.170. The summed E-state index contributed by atoms with van der Waals surface area (Å²) in [5.41, 5.74) is 1.32. The van der Waals surface area contributed by atoms with Crippen LogP contribution < -0.4 is 0 Å². The molecule has 0 fully saturated rings. The molecule has 0 aliphatic heterocycles. The molecule has 0 bridgehead atoms. The molecular weight excluding hydrogens is 339 g/mol. The van der Waals surface area contributed by atoms with Crippen LogP contribution in [0.5, 0.6) is 0 Å². The maximum absolute atomic E-state index is 13.2. The van der Waals surface area contributed by atoms with E-state index in [1.807, 2.05) is 48.5 Å². The Hall–Kier alpha value is -1.94. The summed E-state index contributed by atoms with van der Waals surface area (Å²) in [5, 5.41) is 0. The molecule has 5 nitrogen and oxygen atoms in total. The Morgan fingerprint density at radius 3 is 2.12 bits per heavy atom. The molecule has 25 heavy (non-hydrogen) atoms. The van der Waals surface area contributed by atoms with Gasteiger partial charge < -0.3 is 13.8 Å². The van der Waals surface area contributed by atoms with Crippen molar-refractivity contribution >= 4 is 13.6 Å². The molecule has 0 unspecified atom stereocenters. The van der Waals surface area contributed by atoms with Crippen molar-refractivity contribution in [2.24, 2.45) is 0 Å². The molecule has 0 N–H and O–H groups in total. The number of carbonyl (C=O) groups excluding carboxylic acids is 1. The van der Waals surface area contributed by atoms with Gasteiger partial charge in [0.05, 0.1) is 20.3 Å². The largest absolute Gasteiger partial charge is 0.468 e. The normalized spacial score (nSPS) is 12.6. The van der Waals surface area contributed by atoms with Crippen LogP contribution in [0, 0.1) is 0 Å². The Morgan fingerprint density at radius 2 is 1.56 bits per heavy atom. The van der Waals surface area contributed by atoms with E-state index >= 15 is 0 Å². The molecule has 0 radical (unpaired) electrons. The van der Waals surface area contributed by atoms with E-state index in [9.17, 15) is 9.36 Å². The Labute approximate surface area is 148 Å². The Morgan fingerprint density at radius 1 is 0.960 bits per heavy atom. The van der Waals surface area contributed by atoms with Gasteiger partial charge in [0.25, 0.3) is 0 Å². The monoisotopic (exact) mass is 362 g/mol. The highest BCUT2D eigenvalue weighted by Gasteiger charge is 2.43. The van der Waals surface area contributed by atoms with Crippen LogP contribution in [-0.2, 0) is 23.1 Å². The SMILES string of the molecule is CCOP(=O)(OCC)[C@H](C(=O)OC)c1cccc(-c2ccccc2)c1. The van der Waals surface area contributed by atoms with E-state index in [1.165, 1.54) is 7.11 Å². The van der Waals surface area contributed by atoms with Crippen molar-refractivity contribution in [1.82, 2.24) is 0 Å². The fourth-order valence-electron chi connectivity index (χ4n) is 2.62. The van der Waals surface area contributed by atoms with Crippen molar-refractivity contribution in [2.45, 2.75) is 19.5 Å². The van der Waals surface area contributed by atoms with Crippen LogP contribution in [0.4, 0.5) is 0 Å². The van der Waals surface area contributed by atoms with E-state index in [0.29, 0.717) is 5.56 Å². The van der Waals surface area contributed by atoms with Gasteiger partial charge in [-0.2, -0.15) is 0 Å². The highest BCUT2D eigenvalue weighted by atomic mass is 31.2. The lowest BCUT2D eigenvalue weighted by Crippen LogP contribution is -2.18. The molecule has 0 saturated heterocycles. The van der Waals surface area contributed by atoms with Crippen molar-refractivity contribution in [3.63, 3.8) is 0 Å². The van der Waals surface area contributed by atoms with Gasteiger partial charge >= 0.3 is 13.6 Å². The van der Waals surface area contributed by atoms with Crippen LogP contribution in [0.1, 0.15) is 25.1 Å². The van der Waals surface area contributed by atoms with Crippen LogP contribution >= 0.6 is 7.60 Å². The lowest BCUT2D eigenvalue weighted by Gasteiger charge is -2.25. The Balaban J connectivity index is 2.52. The minimum Gasteiger partial charge on any atom is -0.468 e. The number of methoxy groups -OCH3 is 1. The number of carbonyl (C=O) groups is 1. The van der Waals surface area contributed by atoms with Crippen molar-refractivity contribution in [2.75, 3.05) is 20.3 Å². The average molecular weight is 362 g/mol. The summed E-state index contributed by atoms with van der Waals surface area (Å²) >= 11 is 0.